The molecule has 4 heteroatoms. The molecule has 0 aliphatic carbocycles. The Morgan fingerprint density at radius 1 is 0.900 bits per heavy atom. The molecule has 1 atom stereocenters. The normalized spacial score (nSPS) is 18.2. The molecule has 2 aromatic carbocycles. The fourth-order valence-electron chi connectivity index (χ4n) is 2.19. The molecule has 2 amide bonds. The summed E-state index contributed by atoms with van der Waals surface area (Å²) in [6, 6.07) is 18.4. The summed E-state index contributed by atoms with van der Waals surface area (Å²) in [5.74, 6) is -0.315. The molecule has 4 nitrogen and oxygen atoms in total. The van der Waals surface area contributed by atoms with Crippen LogP contribution in [-0.2, 0) is 16.1 Å². The number of hydrogen-bond acceptors (Lipinski definition) is 3. The van der Waals surface area contributed by atoms with Gasteiger partial charge in [-0.05, 0) is 5.56 Å². The maximum Gasteiger partial charge on any atom is 0.418 e. The topological polar surface area (TPSA) is 46.6 Å². The standard InChI is InChI=1S/C16H13NO3/c18-15-14(13-9-5-2-6-10-13)20-16(19)17(15)11-12-7-3-1-4-8-12/h1-10,14H,11H2/t14-/m1/s1. The molecule has 2 aromatic rings. The Morgan fingerprint density at radius 2 is 1.50 bits per heavy atom. The Labute approximate surface area is 116 Å². The summed E-state index contributed by atoms with van der Waals surface area (Å²) >= 11 is 0. The SMILES string of the molecule is O=C1O[C@H](c2ccccc2)C(=O)N1Cc1ccccc1. The third kappa shape index (κ3) is 2.28. The first-order valence-electron chi connectivity index (χ1n) is 6.36. The second-order valence-corrected chi connectivity index (χ2v) is 4.58. The number of hydrogen-bond donors (Lipinski definition) is 0. The zero-order valence-corrected chi connectivity index (χ0v) is 10.7. The van der Waals surface area contributed by atoms with Crippen LogP contribution >= 0.6 is 0 Å². The lowest BCUT2D eigenvalue weighted by Crippen LogP contribution is -2.29. The number of ether oxygens (including phenoxy) is 1. The van der Waals surface area contributed by atoms with Crippen molar-refractivity contribution in [2.24, 2.45) is 0 Å². The van der Waals surface area contributed by atoms with Gasteiger partial charge in [-0.25, -0.2) is 9.69 Å². The van der Waals surface area contributed by atoms with Gasteiger partial charge < -0.3 is 4.74 Å². The van der Waals surface area contributed by atoms with Gasteiger partial charge in [0.05, 0.1) is 6.54 Å². The van der Waals surface area contributed by atoms with E-state index in [-0.39, 0.29) is 12.5 Å². The van der Waals surface area contributed by atoms with Crippen LogP contribution in [0.4, 0.5) is 4.79 Å². The van der Waals surface area contributed by atoms with Crippen molar-refractivity contribution in [3.8, 4) is 0 Å². The van der Waals surface area contributed by atoms with E-state index >= 15 is 0 Å². The van der Waals surface area contributed by atoms with E-state index in [0.717, 1.165) is 10.5 Å². The number of carbonyl (C=O) groups excluding carboxylic acids is 2. The van der Waals surface area contributed by atoms with Crippen LogP contribution in [-0.4, -0.2) is 16.9 Å². The van der Waals surface area contributed by atoms with Crippen molar-refractivity contribution in [1.29, 1.82) is 0 Å². The van der Waals surface area contributed by atoms with Crippen molar-refractivity contribution in [2.45, 2.75) is 12.6 Å². The minimum Gasteiger partial charge on any atom is -0.431 e. The van der Waals surface area contributed by atoms with Crippen LogP contribution in [0.2, 0.25) is 0 Å². The molecule has 1 aliphatic heterocycles. The average molecular weight is 267 g/mol. The first-order valence-corrected chi connectivity index (χ1v) is 6.36. The van der Waals surface area contributed by atoms with Crippen LogP contribution in [0.15, 0.2) is 60.7 Å². The summed E-state index contributed by atoms with van der Waals surface area (Å²) < 4.78 is 5.18. The highest BCUT2D eigenvalue weighted by Gasteiger charge is 2.41. The lowest BCUT2D eigenvalue weighted by atomic mass is 10.1. The molecule has 100 valence electrons. The van der Waals surface area contributed by atoms with Crippen LogP contribution in [0.3, 0.4) is 0 Å². The molecule has 0 unspecified atom stereocenters. The van der Waals surface area contributed by atoms with E-state index in [2.05, 4.69) is 0 Å². The van der Waals surface area contributed by atoms with E-state index < -0.39 is 12.2 Å². The first-order chi connectivity index (χ1) is 9.75. The van der Waals surface area contributed by atoms with Crippen molar-refractivity contribution < 1.29 is 14.3 Å². The maximum absolute atomic E-state index is 12.3. The highest BCUT2D eigenvalue weighted by molar-refractivity contribution is 6.00. The molecule has 1 saturated heterocycles. The predicted molar refractivity (Wildman–Crippen MR) is 72.7 cm³/mol. The Hall–Kier alpha value is -2.62. The molecule has 0 bridgehead atoms. The third-order valence-corrected chi connectivity index (χ3v) is 3.22. The molecular weight excluding hydrogens is 254 g/mol. The number of imide groups is 1. The van der Waals surface area contributed by atoms with Crippen molar-refractivity contribution in [3.05, 3.63) is 71.8 Å². The molecule has 1 aliphatic rings. The second-order valence-electron chi connectivity index (χ2n) is 4.58. The fourth-order valence-corrected chi connectivity index (χ4v) is 2.19. The lowest BCUT2D eigenvalue weighted by Gasteiger charge is -2.11. The summed E-state index contributed by atoms with van der Waals surface area (Å²) in [6.07, 6.45) is -1.42. The average Bonchev–Trinajstić information content (AvgIpc) is 2.77. The van der Waals surface area contributed by atoms with Crippen LogP contribution in [0.5, 0.6) is 0 Å². The van der Waals surface area contributed by atoms with E-state index in [4.69, 9.17) is 4.74 Å². The van der Waals surface area contributed by atoms with Crippen molar-refractivity contribution in [2.75, 3.05) is 0 Å². The summed E-state index contributed by atoms with van der Waals surface area (Å²) in [5.41, 5.74) is 1.59. The number of carbonyl (C=O) groups is 2. The summed E-state index contributed by atoms with van der Waals surface area (Å²) in [7, 11) is 0. The minimum atomic E-state index is -0.826. The molecule has 0 radical (unpaired) electrons. The molecule has 0 aromatic heterocycles. The largest absolute Gasteiger partial charge is 0.431 e. The van der Waals surface area contributed by atoms with Gasteiger partial charge in [-0.2, -0.15) is 0 Å². The van der Waals surface area contributed by atoms with Crippen molar-refractivity contribution in [1.82, 2.24) is 4.90 Å². The highest BCUT2D eigenvalue weighted by Crippen LogP contribution is 2.28. The van der Waals surface area contributed by atoms with E-state index in [1.165, 1.54) is 0 Å². The van der Waals surface area contributed by atoms with Gasteiger partial charge in [-0.1, -0.05) is 60.7 Å². The van der Waals surface area contributed by atoms with Crippen LogP contribution in [0.1, 0.15) is 17.2 Å². The lowest BCUT2D eigenvalue weighted by molar-refractivity contribution is -0.130. The Balaban J connectivity index is 1.81. The number of amides is 2. The number of cyclic esters (lactones) is 1. The Kier molecular flexibility index (Phi) is 3.21. The van der Waals surface area contributed by atoms with Gasteiger partial charge in [0.15, 0.2) is 0 Å². The van der Waals surface area contributed by atoms with E-state index in [0.29, 0.717) is 5.56 Å². The van der Waals surface area contributed by atoms with Gasteiger partial charge in [-0.3, -0.25) is 4.79 Å². The maximum atomic E-state index is 12.3. The molecule has 0 N–H and O–H groups in total. The van der Waals surface area contributed by atoms with Gasteiger partial charge in [0, 0.05) is 5.56 Å². The Bertz CT molecular complexity index is 625. The van der Waals surface area contributed by atoms with Gasteiger partial charge in [-0.15, -0.1) is 0 Å². The van der Waals surface area contributed by atoms with Crippen LogP contribution in [0.25, 0.3) is 0 Å². The van der Waals surface area contributed by atoms with E-state index in [1.807, 2.05) is 48.5 Å². The molecular formula is C16H13NO3. The minimum absolute atomic E-state index is 0.238. The van der Waals surface area contributed by atoms with E-state index in [9.17, 15) is 9.59 Å². The van der Waals surface area contributed by atoms with Crippen molar-refractivity contribution in [3.63, 3.8) is 0 Å². The zero-order chi connectivity index (χ0) is 13.9. The highest BCUT2D eigenvalue weighted by atomic mass is 16.6. The molecule has 1 heterocycles. The summed E-state index contributed by atoms with van der Waals surface area (Å²) in [4.78, 5) is 25.3. The molecule has 1 fully saturated rings. The van der Waals surface area contributed by atoms with Gasteiger partial charge in [0.1, 0.15) is 0 Å². The summed E-state index contributed by atoms with van der Waals surface area (Å²) in [6.45, 7) is 0.238. The zero-order valence-electron chi connectivity index (χ0n) is 10.7. The molecule has 20 heavy (non-hydrogen) atoms. The van der Waals surface area contributed by atoms with Crippen LogP contribution < -0.4 is 0 Å². The quantitative estimate of drug-likeness (QED) is 0.859. The molecule has 0 saturated carbocycles. The third-order valence-electron chi connectivity index (χ3n) is 3.22. The first kappa shape index (κ1) is 12.4. The Morgan fingerprint density at radius 3 is 2.15 bits per heavy atom. The monoisotopic (exact) mass is 267 g/mol. The number of rotatable bonds is 3. The summed E-state index contributed by atoms with van der Waals surface area (Å²) in [5, 5.41) is 0. The predicted octanol–water partition coefficient (Wildman–Crippen LogP) is 2.91. The van der Waals surface area contributed by atoms with E-state index in [1.54, 1.807) is 12.1 Å². The van der Waals surface area contributed by atoms with Crippen LogP contribution in [0, 0.1) is 0 Å². The number of nitrogens with zero attached hydrogens (tertiary/aromatic N) is 1. The van der Waals surface area contributed by atoms with Gasteiger partial charge >= 0.3 is 6.09 Å². The number of benzene rings is 2. The fraction of sp³-hybridized carbons (Fsp3) is 0.125. The van der Waals surface area contributed by atoms with Gasteiger partial charge in [0.25, 0.3) is 5.91 Å². The van der Waals surface area contributed by atoms with Gasteiger partial charge in [0.2, 0.25) is 6.10 Å². The molecule has 3 rings (SSSR count). The smallest absolute Gasteiger partial charge is 0.418 e. The van der Waals surface area contributed by atoms with Crippen molar-refractivity contribution >= 4 is 12.0 Å². The second kappa shape index (κ2) is 5.17. The molecule has 0 spiro atoms.